The summed E-state index contributed by atoms with van der Waals surface area (Å²) < 4.78 is -0.754. The first-order valence-corrected chi connectivity index (χ1v) is 11.8. The van der Waals surface area contributed by atoms with Crippen LogP contribution in [-0.2, 0) is 15.1 Å². The van der Waals surface area contributed by atoms with Crippen LogP contribution in [-0.4, -0.2) is 62.9 Å². The Hall–Kier alpha value is -2.26. The van der Waals surface area contributed by atoms with Crippen LogP contribution in [0.15, 0.2) is 55.4 Å². The lowest BCUT2D eigenvalue weighted by atomic mass is 9.72. The molecule has 0 aliphatic carbocycles. The molecule has 3 atom stereocenters. The monoisotopic (exact) mass is 484 g/mol. The second-order valence-electron chi connectivity index (χ2n) is 8.26. The highest BCUT2D eigenvalue weighted by atomic mass is 35.5. The first-order valence-electron chi connectivity index (χ1n) is 10.2. The number of rotatable bonds is 3. The van der Waals surface area contributed by atoms with Crippen molar-refractivity contribution < 1.29 is 9.59 Å². The maximum atomic E-state index is 14.3. The highest BCUT2D eigenvalue weighted by Gasteiger charge is 2.78. The number of benzene rings is 1. The Labute approximate surface area is 201 Å². The van der Waals surface area contributed by atoms with Gasteiger partial charge in [-0.2, -0.15) is 0 Å². The van der Waals surface area contributed by atoms with E-state index in [0.29, 0.717) is 22.4 Å². The predicted octanol–water partition coefficient (Wildman–Crippen LogP) is 3.42. The summed E-state index contributed by atoms with van der Waals surface area (Å²) in [5, 5.41) is 0.514. The van der Waals surface area contributed by atoms with Crippen LogP contribution in [0.4, 0.5) is 5.69 Å². The highest BCUT2D eigenvalue weighted by Crippen LogP contribution is 2.66. The van der Waals surface area contributed by atoms with Gasteiger partial charge in [-0.05, 0) is 36.9 Å². The number of fused-ring (bicyclic) bond motifs is 3. The summed E-state index contributed by atoms with van der Waals surface area (Å²) in [6.45, 7) is 4.56. The van der Waals surface area contributed by atoms with Crippen LogP contribution < -0.4 is 4.90 Å². The van der Waals surface area contributed by atoms with Crippen LogP contribution in [0.25, 0.3) is 0 Å². The normalized spacial score (nSPS) is 29.6. The molecule has 3 aliphatic heterocycles. The molecular formula is C23H21ClN4O2S2. The van der Waals surface area contributed by atoms with Crippen molar-refractivity contribution in [2.75, 3.05) is 32.1 Å². The number of carbonyl (C=O) groups is 2. The average molecular weight is 485 g/mol. The molecule has 1 aromatic heterocycles. The van der Waals surface area contributed by atoms with Crippen molar-refractivity contribution >= 4 is 57.4 Å². The summed E-state index contributed by atoms with van der Waals surface area (Å²) >= 11 is 13.4. The fraction of sp³-hybridized carbons (Fsp3) is 0.304. The van der Waals surface area contributed by atoms with Gasteiger partial charge in [-0.1, -0.05) is 47.7 Å². The smallest absolute Gasteiger partial charge is 0.254 e. The summed E-state index contributed by atoms with van der Waals surface area (Å²) in [7, 11) is 3.64. The Morgan fingerprint density at radius 2 is 2.09 bits per heavy atom. The molecule has 0 N–H and O–H groups in total. The number of aromatic nitrogens is 1. The largest absolute Gasteiger partial charge is 0.313 e. The van der Waals surface area contributed by atoms with Crippen LogP contribution in [0.3, 0.4) is 0 Å². The topological polar surface area (TPSA) is 56.8 Å². The molecular weight excluding hydrogens is 464 g/mol. The molecule has 2 fully saturated rings. The second kappa shape index (κ2) is 7.38. The Kier molecular flexibility index (Phi) is 4.98. The third-order valence-electron chi connectivity index (χ3n) is 6.81. The van der Waals surface area contributed by atoms with Crippen molar-refractivity contribution in [3.8, 4) is 0 Å². The molecule has 3 unspecified atom stereocenters. The van der Waals surface area contributed by atoms with Crippen molar-refractivity contribution in [3.05, 3.63) is 71.5 Å². The number of carbonyl (C=O) groups excluding carboxylic acids is 2. The summed E-state index contributed by atoms with van der Waals surface area (Å²) in [6.07, 6.45) is 5.13. The lowest BCUT2D eigenvalue weighted by Crippen LogP contribution is -2.62. The standard InChI is InChI=1S/C23H21ClN4O2S2/c1-4-10-28-20(30)23(32-21(28)31)17(14-6-5-9-25-12-14)13-26(2)22(23)16-11-15(24)7-8-18(16)27(3)19(22)29/h4-9,11-12,17H,1,10,13H2,2-3H3. The number of hydrogen-bond donors (Lipinski definition) is 0. The zero-order chi connectivity index (χ0) is 22.8. The number of pyridine rings is 1. The fourth-order valence-electron chi connectivity index (χ4n) is 5.54. The molecule has 3 aliphatic rings. The fourth-order valence-corrected chi connectivity index (χ4v) is 7.86. The first-order chi connectivity index (χ1) is 15.3. The predicted molar refractivity (Wildman–Crippen MR) is 131 cm³/mol. The Balaban J connectivity index is 1.85. The van der Waals surface area contributed by atoms with E-state index in [1.165, 1.54) is 11.8 Å². The van der Waals surface area contributed by atoms with Crippen molar-refractivity contribution in [1.29, 1.82) is 0 Å². The minimum absolute atomic E-state index is 0.159. The van der Waals surface area contributed by atoms with Gasteiger partial charge in [0.15, 0.2) is 5.54 Å². The number of thiocarbonyl (C=S) groups is 1. The van der Waals surface area contributed by atoms with Crippen LogP contribution >= 0.6 is 35.6 Å². The van der Waals surface area contributed by atoms with E-state index in [2.05, 4.69) is 11.6 Å². The molecule has 2 amide bonds. The van der Waals surface area contributed by atoms with E-state index in [4.69, 9.17) is 23.8 Å². The van der Waals surface area contributed by atoms with Gasteiger partial charge in [-0.15, -0.1) is 6.58 Å². The number of nitrogens with zero attached hydrogens (tertiary/aromatic N) is 4. The van der Waals surface area contributed by atoms with Gasteiger partial charge in [0.2, 0.25) is 5.91 Å². The van der Waals surface area contributed by atoms with Crippen molar-refractivity contribution in [2.24, 2.45) is 0 Å². The van der Waals surface area contributed by atoms with E-state index >= 15 is 0 Å². The Bertz CT molecular complexity index is 1180. The van der Waals surface area contributed by atoms with Crippen molar-refractivity contribution in [1.82, 2.24) is 14.8 Å². The number of hydrogen-bond acceptors (Lipinski definition) is 6. The third kappa shape index (κ3) is 2.46. The third-order valence-corrected chi connectivity index (χ3v) is 8.99. The van der Waals surface area contributed by atoms with E-state index in [-0.39, 0.29) is 17.7 Å². The highest BCUT2D eigenvalue weighted by molar-refractivity contribution is 8.25. The van der Waals surface area contributed by atoms with Gasteiger partial charge in [0.05, 0.1) is 0 Å². The molecule has 2 saturated heterocycles. The number of thioether (sulfide) groups is 1. The molecule has 0 radical (unpaired) electrons. The van der Waals surface area contributed by atoms with E-state index in [1.54, 1.807) is 41.4 Å². The van der Waals surface area contributed by atoms with Crippen LogP contribution in [0.2, 0.25) is 5.02 Å². The second-order valence-corrected chi connectivity index (χ2v) is 10.6. The molecule has 1 aromatic carbocycles. The molecule has 32 heavy (non-hydrogen) atoms. The minimum atomic E-state index is -1.26. The molecule has 0 saturated carbocycles. The number of halogens is 1. The molecule has 164 valence electrons. The Morgan fingerprint density at radius 1 is 1.31 bits per heavy atom. The minimum Gasteiger partial charge on any atom is -0.313 e. The van der Waals surface area contributed by atoms with E-state index in [9.17, 15) is 9.59 Å². The number of likely N-dealkylation sites (tertiary alicyclic amines) is 1. The quantitative estimate of drug-likeness (QED) is 0.491. The zero-order valence-electron chi connectivity index (χ0n) is 17.6. The lowest BCUT2D eigenvalue weighted by Gasteiger charge is -2.42. The zero-order valence-corrected chi connectivity index (χ0v) is 20.0. The maximum absolute atomic E-state index is 14.3. The lowest BCUT2D eigenvalue weighted by molar-refractivity contribution is -0.138. The van der Waals surface area contributed by atoms with Gasteiger partial charge < -0.3 is 4.90 Å². The number of anilines is 1. The average Bonchev–Trinajstić information content (AvgIpc) is 3.28. The van der Waals surface area contributed by atoms with Gasteiger partial charge in [0, 0.05) is 54.7 Å². The van der Waals surface area contributed by atoms with E-state index < -0.39 is 10.3 Å². The SMILES string of the molecule is C=CCN1C(=O)C2(SC1=S)C(c1cccnc1)CN(C)C21C(=O)N(C)c2ccc(Cl)cc21. The van der Waals surface area contributed by atoms with Gasteiger partial charge in [-0.25, -0.2) is 0 Å². The van der Waals surface area contributed by atoms with Gasteiger partial charge in [0.25, 0.3) is 5.91 Å². The van der Waals surface area contributed by atoms with Crippen LogP contribution in [0.1, 0.15) is 17.0 Å². The number of likely N-dealkylation sites (N-methyl/N-ethyl adjacent to an activating group) is 2. The molecule has 2 spiro atoms. The van der Waals surface area contributed by atoms with Gasteiger partial charge in [-0.3, -0.25) is 24.4 Å². The molecule has 2 aromatic rings. The molecule has 4 heterocycles. The summed E-state index contributed by atoms with van der Waals surface area (Å²) in [5.74, 6) is -0.651. The molecule has 6 nitrogen and oxygen atoms in total. The van der Waals surface area contributed by atoms with Crippen LogP contribution in [0, 0.1) is 0 Å². The number of amides is 2. The first kappa shape index (κ1) is 21.6. The van der Waals surface area contributed by atoms with Crippen LogP contribution in [0.5, 0.6) is 0 Å². The van der Waals surface area contributed by atoms with Crippen molar-refractivity contribution in [3.63, 3.8) is 0 Å². The molecule has 5 rings (SSSR count). The summed E-state index contributed by atoms with van der Waals surface area (Å²) in [4.78, 5) is 37.9. The Morgan fingerprint density at radius 3 is 2.78 bits per heavy atom. The maximum Gasteiger partial charge on any atom is 0.254 e. The molecule has 0 bridgehead atoms. The van der Waals surface area contributed by atoms with E-state index in [0.717, 1.165) is 16.8 Å². The summed E-state index contributed by atoms with van der Waals surface area (Å²) in [6, 6.07) is 9.23. The van der Waals surface area contributed by atoms with E-state index in [1.807, 2.05) is 36.2 Å². The van der Waals surface area contributed by atoms with Gasteiger partial charge in [0.1, 0.15) is 9.07 Å². The van der Waals surface area contributed by atoms with Gasteiger partial charge >= 0.3 is 0 Å². The molecule has 9 heteroatoms. The summed E-state index contributed by atoms with van der Waals surface area (Å²) in [5.41, 5.74) is 1.12. The van der Waals surface area contributed by atoms with Crippen molar-refractivity contribution in [2.45, 2.75) is 16.2 Å².